The van der Waals surface area contributed by atoms with Crippen molar-refractivity contribution in [3.63, 3.8) is 0 Å². The van der Waals surface area contributed by atoms with Crippen molar-refractivity contribution in [2.45, 2.75) is 46.8 Å². The molecule has 1 aromatic heterocycles. The Morgan fingerprint density at radius 3 is 2.72 bits per heavy atom. The van der Waals surface area contributed by atoms with E-state index in [1.807, 2.05) is 30.0 Å². The Labute approximate surface area is 110 Å². The van der Waals surface area contributed by atoms with E-state index >= 15 is 0 Å². The summed E-state index contributed by atoms with van der Waals surface area (Å²) in [5.41, 5.74) is 1.21. The largest absolute Gasteiger partial charge is 0.352 e. The summed E-state index contributed by atoms with van der Waals surface area (Å²) in [6.07, 6.45) is 3.97. The maximum Gasteiger partial charge on any atom is 0.240 e. The van der Waals surface area contributed by atoms with Crippen LogP contribution in [0.2, 0.25) is 0 Å². The highest BCUT2D eigenvalue weighted by molar-refractivity contribution is 5.76. The highest BCUT2D eigenvalue weighted by Crippen LogP contribution is 2.02. The summed E-state index contributed by atoms with van der Waals surface area (Å²) < 4.78 is 1.93. The van der Waals surface area contributed by atoms with E-state index < -0.39 is 0 Å². The van der Waals surface area contributed by atoms with Crippen molar-refractivity contribution in [1.29, 1.82) is 0 Å². The van der Waals surface area contributed by atoms with Crippen LogP contribution in [-0.2, 0) is 17.9 Å². The quantitative estimate of drug-likeness (QED) is 0.775. The smallest absolute Gasteiger partial charge is 0.240 e. The molecule has 1 heterocycles. The van der Waals surface area contributed by atoms with Crippen molar-refractivity contribution in [3.8, 4) is 0 Å². The molecular weight excluding hydrogens is 226 g/mol. The van der Waals surface area contributed by atoms with Gasteiger partial charge in [-0.05, 0) is 31.0 Å². The highest BCUT2D eigenvalue weighted by atomic mass is 16.2. The molecule has 0 saturated heterocycles. The standard InChI is InChI=1S/C14H25N3O/c1-5-15-8-13-6-7-17(9-13)10-14(18)16-12(4)11(2)3/h6-7,9,11-12,15H,5,8,10H2,1-4H3,(H,16,18). The molecule has 1 atom stereocenters. The van der Waals surface area contributed by atoms with E-state index in [0.29, 0.717) is 12.5 Å². The van der Waals surface area contributed by atoms with E-state index in [2.05, 4.69) is 31.4 Å². The van der Waals surface area contributed by atoms with Crippen LogP contribution in [0.1, 0.15) is 33.3 Å². The fraction of sp³-hybridized carbons (Fsp3) is 0.643. The van der Waals surface area contributed by atoms with Crippen molar-refractivity contribution >= 4 is 5.91 Å². The van der Waals surface area contributed by atoms with E-state index in [0.717, 1.165) is 13.1 Å². The van der Waals surface area contributed by atoms with E-state index in [1.165, 1.54) is 5.56 Å². The van der Waals surface area contributed by atoms with Crippen LogP contribution in [0.25, 0.3) is 0 Å². The van der Waals surface area contributed by atoms with Gasteiger partial charge in [-0.15, -0.1) is 0 Å². The molecule has 1 rings (SSSR count). The van der Waals surface area contributed by atoms with Gasteiger partial charge in [0.25, 0.3) is 0 Å². The molecule has 0 saturated carbocycles. The molecule has 0 aliphatic heterocycles. The van der Waals surface area contributed by atoms with Gasteiger partial charge in [-0.3, -0.25) is 4.79 Å². The number of hydrogen-bond acceptors (Lipinski definition) is 2. The molecule has 0 radical (unpaired) electrons. The van der Waals surface area contributed by atoms with Crippen LogP contribution in [0.15, 0.2) is 18.5 Å². The molecule has 0 spiro atoms. The lowest BCUT2D eigenvalue weighted by Gasteiger charge is -2.17. The average molecular weight is 251 g/mol. The number of aromatic nitrogens is 1. The van der Waals surface area contributed by atoms with Crippen molar-refractivity contribution in [2.75, 3.05) is 6.54 Å². The minimum Gasteiger partial charge on any atom is -0.352 e. The Morgan fingerprint density at radius 1 is 1.39 bits per heavy atom. The molecule has 0 aromatic carbocycles. The normalized spacial score (nSPS) is 12.7. The molecule has 0 aliphatic carbocycles. The van der Waals surface area contributed by atoms with Crippen LogP contribution in [-0.4, -0.2) is 23.1 Å². The Bertz CT molecular complexity index is 371. The van der Waals surface area contributed by atoms with Crippen molar-refractivity contribution < 1.29 is 4.79 Å². The number of carbonyl (C=O) groups is 1. The lowest BCUT2D eigenvalue weighted by atomic mass is 10.1. The second kappa shape index (κ2) is 7.21. The summed E-state index contributed by atoms with van der Waals surface area (Å²) in [5, 5.41) is 6.27. The molecular formula is C14H25N3O. The zero-order valence-corrected chi connectivity index (χ0v) is 11.9. The average Bonchev–Trinajstić information content (AvgIpc) is 2.73. The third-order valence-electron chi connectivity index (χ3n) is 3.11. The minimum atomic E-state index is 0.0711. The van der Waals surface area contributed by atoms with Gasteiger partial charge in [0.15, 0.2) is 0 Å². The van der Waals surface area contributed by atoms with Gasteiger partial charge in [0, 0.05) is 25.0 Å². The molecule has 0 bridgehead atoms. The first-order valence-corrected chi connectivity index (χ1v) is 6.67. The predicted molar refractivity (Wildman–Crippen MR) is 74.3 cm³/mol. The summed E-state index contributed by atoms with van der Waals surface area (Å²) in [5.74, 6) is 0.532. The summed E-state index contributed by atoms with van der Waals surface area (Å²) in [6, 6.07) is 2.26. The second-order valence-corrected chi connectivity index (χ2v) is 5.07. The summed E-state index contributed by atoms with van der Waals surface area (Å²) in [6.45, 7) is 10.5. The van der Waals surface area contributed by atoms with Gasteiger partial charge >= 0.3 is 0 Å². The number of hydrogen-bond donors (Lipinski definition) is 2. The van der Waals surface area contributed by atoms with E-state index in [9.17, 15) is 4.79 Å². The topological polar surface area (TPSA) is 46.1 Å². The van der Waals surface area contributed by atoms with Crippen LogP contribution in [0, 0.1) is 5.92 Å². The monoisotopic (exact) mass is 251 g/mol. The summed E-state index contributed by atoms with van der Waals surface area (Å²) in [4.78, 5) is 11.8. The molecule has 0 fully saturated rings. The summed E-state index contributed by atoms with van der Waals surface area (Å²) in [7, 11) is 0. The maximum atomic E-state index is 11.8. The van der Waals surface area contributed by atoms with Crippen molar-refractivity contribution in [1.82, 2.24) is 15.2 Å². The number of rotatable bonds is 7. The first-order valence-electron chi connectivity index (χ1n) is 6.67. The van der Waals surface area contributed by atoms with Gasteiger partial charge in [0.2, 0.25) is 5.91 Å². The van der Waals surface area contributed by atoms with Crippen LogP contribution in [0.4, 0.5) is 0 Å². The van der Waals surface area contributed by atoms with Crippen LogP contribution in [0.5, 0.6) is 0 Å². The molecule has 4 nitrogen and oxygen atoms in total. The van der Waals surface area contributed by atoms with E-state index in [4.69, 9.17) is 0 Å². The first-order chi connectivity index (χ1) is 8.52. The fourth-order valence-corrected chi connectivity index (χ4v) is 1.59. The zero-order valence-electron chi connectivity index (χ0n) is 11.9. The molecule has 0 aliphatic rings. The minimum absolute atomic E-state index is 0.0711. The Hall–Kier alpha value is -1.29. The molecule has 1 unspecified atom stereocenters. The number of carbonyl (C=O) groups excluding carboxylic acids is 1. The third kappa shape index (κ3) is 4.92. The molecule has 1 aromatic rings. The molecule has 4 heteroatoms. The molecule has 1 amide bonds. The van der Waals surface area contributed by atoms with E-state index in [1.54, 1.807) is 0 Å². The van der Waals surface area contributed by atoms with Crippen molar-refractivity contribution in [2.24, 2.45) is 5.92 Å². The lowest BCUT2D eigenvalue weighted by Crippen LogP contribution is -2.37. The van der Waals surface area contributed by atoms with Crippen LogP contribution < -0.4 is 10.6 Å². The molecule has 2 N–H and O–H groups in total. The second-order valence-electron chi connectivity index (χ2n) is 5.07. The van der Waals surface area contributed by atoms with Gasteiger partial charge in [0.1, 0.15) is 6.54 Å². The Morgan fingerprint density at radius 2 is 2.11 bits per heavy atom. The number of nitrogens with one attached hydrogen (secondary N) is 2. The van der Waals surface area contributed by atoms with Crippen LogP contribution in [0.3, 0.4) is 0 Å². The van der Waals surface area contributed by atoms with Gasteiger partial charge < -0.3 is 15.2 Å². The fourth-order valence-electron chi connectivity index (χ4n) is 1.59. The molecule has 102 valence electrons. The number of amides is 1. The van der Waals surface area contributed by atoms with Gasteiger partial charge in [-0.1, -0.05) is 20.8 Å². The first kappa shape index (κ1) is 14.8. The highest BCUT2D eigenvalue weighted by Gasteiger charge is 2.10. The third-order valence-corrected chi connectivity index (χ3v) is 3.11. The van der Waals surface area contributed by atoms with Crippen LogP contribution >= 0.6 is 0 Å². The zero-order chi connectivity index (χ0) is 13.5. The van der Waals surface area contributed by atoms with Gasteiger partial charge in [-0.25, -0.2) is 0 Å². The van der Waals surface area contributed by atoms with Gasteiger partial charge in [-0.2, -0.15) is 0 Å². The van der Waals surface area contributed by atoms with Crippen molar-refractivity contribution in [3.05, 3.63) is 24.0 Å². The van der Waals surface area contributed by atoms with E-state index in [-0.39, 0.29) is 11.9 Å². The SMILES string of the molecule is CCNCc1ccn(CC(=O)NC(C)C(C)C)c1. The lowest BCUT2D eigenvalue weighted by molar-refractivity contribution is -0.122. The molecule has 18 heavy (non-hydrogen) atoms. The Balaban J connectivity index is 2.42. The predicted octanol–water partition coefficient (Wildman–Crippen LogP) is 1.76. The summed E-state index contributed by atoms with van der Waals surface area (Å²) >= 11 is 0. The van der Waals surface area contributed by atoms with Gasteiger partial charge in [0.05, 0.1) is 0 Å². The number of nitrogens with zero attached hydrogens (tertiary/aromatic N) is 1. The Kier molecular flexibility index (Phi) is 5.92. The maximum absolute atomic E-state index is 11.8.